The van der Waals surface area contributed by atoms with Gasteiger partial charge in [-0.05, 0) is 50.7 Å². The van der Waals surface area contributed by atoms with E-state index in [1.165, 1.54) is 25.7 Å². The lowest BCUT2D eigenvalue weighted by atomic mass is 9.86. The number of anilines is 1. The van der Waals surface area contributed by atoms with Crippen molar-refractivity contribution >= 4 is 11.5 Å². The number of hydrogen-bond donors (Lipinski definition) is 2. The number of amidine groups is 1. The molecule has 0 unspecified atom stereocenters. The molecule has 0 aromatic heterocycles. The fraction of sp³-hybridized carbons (Fsp3) is 0.562. The van der Waals surface area contributed by atoms with Crippen molar-refractivity contribution in [2.45, 2.75) is 45.6 Å². The van der Waals surface area contributed by atoms with Gasteiger partial charge in [0.25, 0.3) is 0 Å². The van der Waals surface area contributed by atoms with Crippen LogP contribution in [0.3, 0.4) is 0 Å². The van der Waals surface area contributed by atoms with E-state index in [4.69, 9.17) is 10.9 Å². The minimum Gasteiger partial charge on any atom is -0.409 e. The second kappa shape index (κ2) is 6.16. The normalized spacial score (nSPS) is 23.6. The smallest absolute Gasteiger partial charge is 0.172 e. The molecule has 0 bridgehead atoms. The van der Waals surface area contributed by atoms with Gasteiger partial charge in [0.15, 0.2) is 5.84 Å². The summed E-state index contributed by atoms with van der Waals surface area (Å²) in [7, 11) is 2.11. The minimum absolute atomic E-state index is 0.180. The first-order valence-electron chi connectivity index (χ1n) is 7.34. The van der Waals surface area contributed by atoms with Gasteiger partial charge in [-0.25, -0.2) is 0 Å². The Balaban J connectivity index is 2.27. The van der Waals surface area contributed by atoms with Gasteiger partial charge in [-0.1, -0.05) is 23.7 Å². The maximum Gasteiger partial charge on any atom is 0.172 e. The Morgan fingerprint density at radius 1 is 1.30 bits per heavy atom. The van der Waals surface area contributed by atoms with Crippen LogP contribution in [0.2, 0.25) is 0 Å². The molecule has 0 saturated heterocycles. The summed E-state index contributed by atoms with van der Waals surface area (Å²) in [5.41, 5.74) is 8.80. The van der Waals surface area contributed by atoms with Gasteiger partial charge in [-0.2, -0.15) is 0 Å². The summed E-state index contributed by atoms with van der Waals surface area (Å²) in [6, 6.07) is 6.66. The Bertz CT molecular complexity index is 490. The molecule has 0 spiro atoms. The molecular formula is C16H25N3O. The summed E-state index contributed by atoms with van der Waals surface area (Å²) >= 11 is 0. The number of nitrogens with zero attached hydrogens (tertiary/aromatic N) is 2. The van der Waals surface area contributed by atoms with E-state index in [-0.39, 0.29) is 5.84 Å². The molecule has 1 aliphatic carbocycles. The SMILES string of the molecule is Cc1ccc(N(C)C2CCC(C)CC2)c(/C(N)=N/O)c1. The van der Waals surface area contributed by atoms with Gasteiger partial charge in [0.1, 0.15) is 0 Å². The fourth-order valence-corrected chi connectivity index (χ4v) is 3.04. The molecule has 110 valence electrons. The van der Waals surface area contributed by atoms with Crippen LogP contribution in [0, 0.1) is 12.8 Å². The number of aryl methyl sites for hydroxylation is 1. The predicted molar refractivity (Wildman–Crippen MR) is 83.5 cm³/mol. The quantitative estimate of drug-likeness (QED) is 0.385. The maximum atomic E-state index is 8.97. The molecule has 0 atom stereocenters. The highest BCUT2D eigenvalue weighted by Gasteiger charge is 2.23. The summed E-state index contributed by atoms with van der Waals surface area (Å²) in [5, 5.41) is 12.1. The number of oxime groups is 1. The highest BCUT2D eigenvalue weighted by molar-refractivity contribution is 6.02. The topological polar surface area (TPSA) is 61.8 Å². The van der Waals surface area contributed by atoms with E-state index < -0.39 is 0 Å². The van der Waals surface area contributed by atoms with Gasteiger partial charge in [-0.3, -0.25) is 0 Å². The van der Waals surface area contributed by atoms with Crippen LogP contribution in [0.1, 0.15) is 43.7 Å². The minimum atomic E-state index is 0.180. The summed E-state index contributed by atoms with van der Waals surface area (Å²) in [5.74, 6) is 1.01. The zero-order valence-corrected chi connectivity index (χ0v) is 12.6. The number of nitrogens with two attached hydrogens (primary N) is 1. The number of hydrogen-bond acceptors (Lipinski definition) is 3. The lowest BCUT2D eigenvalue weighted by molar-refractivity contribution is 0.318. The molecule has 1 saturated carbocycles. The Hall–Kier alpha value is -1.71. The molecular weight excluding hydrogens is 250 g/mol. The molecule has 1 fully saturated rings. The Morgan fingerprint density at radius 3 is 2.55 bits per heavy atom. The monoisotopic (exact) mass is 275 g/mol. The largest absolute Gasteiger partial charge is 0.409 e. The second-order valence-corrected chi connectivity index (χ2v) is 6.03. The number of benzene rings is 1. The average molecular weight is 275 g/mol. The average Bonchev–Trinajstić information content (AvgIpc) is 2.46. The Kier molecular flexibility index (Phi) is 4.53. The van der Waals surface area contributed by atoms with Crippen molar-refractivity contribution in [3.8, 4) is 0 Å². The summed E-state index contributed by atoms with van der Waals surface area (Å²) in [4.78, 5) is 2.29. The second-order valence-electron chi connectivity index (χ2n) is 6.03. The number of rotatable bonds is 3. The molecule has 1 aromatic rings. The van der Waals surface area contributed by atoms with Gasteiger partial charge in [0.05, 0.1) is 0 Å². The summed E-state index contributed by atoms with van der Waals surface area (Å²) < 4.78 is 0. The Labute approximate surface area is 121 Å². The van der Waals surface area contributed by atoms with Crippen LogP contribution < -0.4 is 10.6 Å². The molecule has 3 N–H and O–H groups in total. The van der Waals surface area contributed by atoms with Crippen LogP contribution in [0.5, 0.6) is 0 Å². The van der Waals surface area contributed by atoms with Gasteiger partial charge < -0.3 is 15.8 Å². The first-order valence-corrected chi connectivity index (χ1v) is 7.34. The van der Waals surface area contributed by atoms with Crippen LogP contribution in [0.25, 0.3) is 0 Å². The van der Waals surface area contributed by atoms with Crippen LogP contribution in [-0.4, -0.2) is 24.1 Å². The van der Waals surface area contributed by atoms with E-state index in [0.29, 0.717) is 6.04 Å². The van der Waals surface area contributed by atoms with Crippen molar-refractivity contribution in [2.75, 3.05) is 11.9 Å². The molecule has 1 aromatic carbocycles. The molecule has 2 rings (SSSR count). The van der Waals surface area contributed by atoms with Gasteiger partial charge in [0, 0.05) is 24.3 Å². The molecule has 0 aliphatic heterocycles. The van der Waals surface area contributed by atoms with Gasteiger partial charge in [0.2, 0.25) is 0 Å². The van der Waals surface area contributed by atoms with Crippen molar-refractivity contribution in [3.63, 3.8) is 0 Å². The summed E-state index contributed by atoms with van der Waals surface area (Å²) in [6.45, 7) is 4.34. The standard InChI is InChI=1S/C16H25N3O/c1-11-4-7-13(8-5-11)19(3)15-9-6-12(2)10-14(15)16(17)18-20/h6,9-11,13,20H,4-5,7-8H2,1-3H3,(H2,17,18). The van der Waals surface area contributed by atoms with Crippen molar-refractivity contribution in [1.82, 2.24) is 0 Å². The maximum absolute atomic E-state index is 8.97. The fourth-order valence-electron chi connectivity index (χ4n) is 3.04. The van der Waals surface area contributed by atoms with Crippen LogP contribution >= 0.6 is 0 Å². The van der Waals surface area contributed by atoms with Crippen LogP contribution in [0.4, 0.5) is 5.69 Å². The zero-order valence-electron chi connectivity index (χ0n) is 12.6. The molecule has 0 radical (unpaired) electrons. The third kappa shape index (κ3) is 3.06. The molecule has 0 heterocycles. The first kappa shape index (κ1) is 14.7. The van der Waals surface area contributed by atoms with Crippen LogP contribution in [-0.2, 0) is 0 Å². The Morgan fingerprint density at radius 2 is 1.95 bits per heavy atom. The molecule has 1 aliphatic rings. The first-order chi connectivity index (χ1) is 9.52. The molecule has 4 heteroatoms. The third-order valence-corrected chi connectivity index (χ3v) is 4.45. The van der Waals surface area contributed by atoms with Crippen molar-refractivity contribution in [2.24, 2.45) is 16.8 Å². The zero-order chi connectivity index (χ0) is 14.7. The molecule has 0 amide bonds. The van der Waals surface area contributed by atoms with E-state index in [1.807, 2.05) is 13.0 Å². The van der Waals surface area contributed by atoms with Crippen LogP contribution in [0.15, 0.2) is 23.4 Å². The molecule has 20 heavy (non-hydrogen) atoms. The highest BCUT2D eigenvalue weighted by atomic mass is 16.4. The van der Waals surface area contributed by atoms with Crippen molar-refractivity contribution in [1.29, 1.82) is 0 Å². The summed E-state index contributed by atoms with van der Waals surface area (Å²) in [6.07, 6.45) is 4.97. The molecule has 4 nitrogen and oxygen atoms in total. The predicted octanol–water partition coefficient (Wildman–Crippen LogP) is 3.10. The van der Waals surface area contributed by atoms with Crippen molar-refractivity contribution < 1.29 is 5.21 Å². The third-order valence-electron chi connectivity index (χ3n) is 4.45. The van der Waals surface area contributed by atoms with E-state index in [2.05, 4.69) is 36.2 Å². The van der Waals surface area contributed by atoms with E-state index in [0.717, 1.165) is 22.7 Å². The van der Waals surface area contributed by atoms with E-state index >= 15 is 0 Å². The lowest BCUT2D eigenvalue weighted by Gasteiger charge is -2.36. The lowest BCUT2D eigenvalue weighted by Crippen LogP contribution is -2.36. The van der Waals surface area contributed by atoms with Gasteiger partial charge >= 0.3 is 0 Å². The van der Waals surface area contributed by atoms with Crippen molar-refractivity contribution in [3.05, 3.63) is 29.3 Å². The van der Waals surface area contributed by atoms with Gasteiger partial charge in [-0.15, -0.1) is 0 Å². The van der Waals surface area contributed by atoms with E-state index in [9.17, 15) is 0 Å². The highest BCUT2D eigenvalue weighted by Crippen LogP contribution is 2.31. The van der Waals surface area contributed by atoms with E-state index in [1.54, 1.807) is 0 Å².